The van der Waals surface area contributed by atoms with Crippen molar-refractivity contribution >= 4 is 0 Å². The molecule has 0 radical (unpaired) electrons. The summed E-state index contributed by atoms with van der Waals surface area (Å²) < 4.78 is 0. The highest BCUT2D eigenvalue weighted by Crippen LogP contribution is 2.20. The van der Waals surface area contributed by atoms with Crippen LogP contribution < -0.4 is 0 Å². The first kappa shape index (κ1) is 15.0. The highest BCUT2D eigenvalue weighted by molar-refractivity contribution is 4.59. The fourth-order valence-electron chi connectivity index (χ4n) is 2.14. The molecule has 0 saturated carbocycles. The van der Waals surface area contributed by atoms with Gasteiger partial charge in [-0.05, 0) is 12.3 Å². The average Bonchev–Trinajstić information content (AvgIpc) is 2.25. The van der Waals surface area contributed by atoms with Gasteiger partial charge in [0.05, 0.1) is 0 Å². The second-order valence-corrected chi connectivity index (χ2v) is 4.72. The van der Waals surface area contributed by atoms with Crippen LogP contribution >= 0.6 is 0 Å². The van der Waals surface area contributed by atoms with E-state index in [-0.39, 0.29) is 0 Å². The van der Waals surface area contributed by atoms with E-state index < -0.39 is 0 Å². The molecule has 0 saturated heterocycles. The van der Waals surface area contributed by atoms with Gasteiger partial charge in [-0.1, -0.05) is 71.6 Å². The van der Waals surface area contributed by atoms with E-state index in [1.54, 1.807) is 0 Å². The summed E-state index contributed by atoms with van der Waals surface area (Å²) in [4.78, 5) is 0. The van der Waals surface area contributed by atoms with Crippen LogP contribution in [0.25, 0.3) is 0 Å². The molecular weight excluding hydrogens is 184 g/mol. The minimum absolute atomic E-state index is 0.378. The third-order valence-corrected chi connectivity index (χ3v) is 3.22. The summed E-state index contributed by atoms with van der Waals surface area (Å²) in [5.41, 5.74) is 0. The standard InChI is InChI=1S/C14H30O/c1-3-5-7-8-9-11-14(12-13-15)10-6-4-2/h14-15H,3-13H2,1-2H3. The van der Waals surface area contributed by atoms with Gasteiger partial charge in [-0.15, -0.1) is 0 Å². The van der Waals surface area contributed by atoms with Gasteiger partial charge in [0.15, 0.2) is 0 Å². The largest absolute Gasteiger partial charge is 0.396 e. The molecule has 0 amide bonds. The van der Waals surface area contributed by atoms with Crippen molar-refractivity contribution in [2.24, 2.45) is 5.92 Å². The summed E-state index contributed by atoms with van der Waals surface area (Å²) in [7, 11) is 0. The van der Waals surface area contributed by atoms with Crippen molar-refractivity contribution in [2.75, 3.05) is 6.61 Å². The van der Waals surface area contributed by atoms with Crippen LogP contribution in [0.5, 0.6) is 0 Å². The van der Waals surface area contributed by atoms with E-state index in [1.807, 2.05) is 0 Å². The molecule has 0 aromatic carbocycles. The predicted octanol–water partition coefficient (Wildman–Crippen LogP) is 4.54. The van der Waals surface area contributed by atoms with E-state index in [2.05, 4.69) is 13.8 Å². The normalized spacial score (nSPS) is 13.0. The monoisotopic (exact) mass is 214 g/mol. The molecule has 0 aliphatic heterocycles. The molecule has 1 N–H and O–H groups in total. The lowest BCUT2D eigenvalue weighted by Crippen LogP contribution is -2.03. The molecule has 0 rings (SSSR count). The molecule has 0 spiro atoms. The van der Waals surface area contributed by atoms with Crippen LogP contribution in [0.2, 0.25) is 0 Å². The second kappa shape index (κ2) is 12.0. The van der Waals surface area contributed by atoms with Gasteiger partial charge in [-0.2, -0.15) is 0 Å². The lowest BCUT2D eigenvalue weighted by Gasteiger charge is -2.14. The highest BCUT2D eigenvalue weighted by Gasteiger charge is 2.06. The van der Waals surface area contributed by atoms with Crippen molar-refractivity contribution in [3.63, 3.8) is 0 Å². The van der Waals surface area contributed by atoms with Crippen LogP contribution in [0.1, 0.15) is 78.1 Å². The van der Waals surface area contributed by atoms with Gasteiger partial charge >= 0.3 is 0 Å². The molecule has 0 aliphatic carbocycles. The van der Waals surface area contributed by atoms with E-state index >= 15 is 0 Å². The van der Waals surface area contributed by atoms with Gasteiger partial charge in [0.25, 0.3) is 0 Å². The van der Waals surface area contributed by atoms with Crippen LogP contribution in [0, 0.1) is 5.92 Å². The first-order valence-corrected chi connectivity index (χ1v) is 6.96. The maximum Gasteiger partial charge on any atom is 0.0433 e. The lowest BCUT2D eigenvalue weighted by atomic mass is 9.92. The van der Waals surface area contributed by atoms with Gasteiger partial charge < -0.3 is 5.11 Å². The number of aliphatic hydroxyl groups is 1. The van der Waals surface area contributed by atoms with Crippen molar-refractivity contribution in [3.8, 4) is 0 Å². The third kappa shape index (κ3) is 10.2. The van der Waals surface area contributed by atoms with E-state index in [1.165, 1.54) is 57.8 Å². The molecule has 1 heteroatoms. The van der Waals surface area contributed by atoms with Crippen molar-refractivity contribution in [2.45, 2.75) is 78.1 Å². The van der Waals surface area contributed by atoms with Crippen LogP contribution in [0.15, 0.2) is 0 Å². The summed E-state index contributed by atoms with van der Waals surface area (Å²) in [6, 6.07) is 0. The molecule has 15 heavy (non-hydrogen) atoms. The molecule has 1 unspecified atom stereocenters. The summed E-state index contributed by atoms with van der Waals surface area (Å²) in [5.74, 6) is 0.788. The molecule has 0 fully saturated rings. The molecule has 0 aromatic heterocycles. The maximum atomic E-state index is 8.98. The zero-order chi connectivity index (χ0) is 11.4. The Morgan fingerprint density at radius 2 is 1.33 bits per heavy atom. The van der Waals surface area contributed by atoms with E-state index in [0.717, 1.165) is 12.3 Å². The number of aliphatic hydroxyl groups excluding tert-OH is 1. The lowest BCUT2D eigenvalue weighted by molar-refractivity contribution is 0.242. The minimum atomic E-state index is 0.378. The number of hydrogen-bond acceptors (Lipinski definition) is 1. The Kier molecular flexibility index (Phi) is 12.0. The van der Waals surface area contributed by atoms with Gasteiger partial charge in [0, 0.05) is 6.61 Å². The fourth-order valence-corrected chi connectivity index (χ4v) is 2.14. The van der Waals surface area contributed by atoms with Crippen molar-refractivity contribution in [3.05, 3.63) is 0 Å². The number of rotatable bonds is 11. The van der Waals surface area contributed by atoms with Crippen LogP contribution in [-0.2, 0) is 0 Å². The Balaban J connectivity index is 3.38. The quantitative estimate of drug-likeness (QED) is 0.501. The van der Waals surface area contributed by atoms with Crippen molar-refractivity contribution in [1.29, 1.82) is 0 Å². The molecule has 0 aliphatic rings. The number of hydrogen-bond donors (Lipinski definition) is 1. The Labute approximate surface area is 96.3 Å². The SMILES string of the molecule is CCCCCCCC(CCO)CCCC. The van der Waals surface area contributed by atoms with E-state index in [4.69, 9.17) is 5.11 Å². The average molecular weight is 214 g/mol. The molecule has 0 aromatic rings. The summed E-state index contributed by atoms with van der Waals surface area (Å²) in [6.45, 7) is 4.89. The van der Waals surface area contributed by atoms with Crippen molar-refractivity contribution < 1.29 is 5.11 Å². The van der Waals surface area contributed by atoms with E-state index in [9.17, 15) is 0 Å². The topological polar surface area (TPSA) is 20.2 Å². The van der Waals surface area contributed by atoms with Gasteiger partial charge in [0.1, 0.15) is 0 Å². The Morgan fingerprint density at radius 3 is 1.93 bits per heavy atom. The molecular formula is C14H30O. The highest BCUT2D eigenvalue weighted by atomic mass is 16.3. The summed E-state index contributed by atoms with van der Waals surface area (Å²) in [5, 5.41) is 8.98. The molecule has 92 valence electrons. The summed E-state index contributed by atoms with van der Waals surface area (Å²) >= 11 is 0. The molecule has 0 bridgehead atoms. The van der Waals surface area contributed by atoms with E-state index in [0.29, 0.717) is 6.61 Å². The van der Waals surface area contributed by atoms with Crippen LogP contribution in [0.3, 0.4) is 0 Å². The van der Waals surface area contributed by atoms with Crippen molar-refractivity contribution in [1.82, 2.24) is 0 Å². The van der Waals surface area contributed by atoms with Crippen LogP contribution in [-0.4, -0.2) is 11.7 Å². The Hall–Kier alpha value is -0.0400. The summed E-state index contributed by atoms with van der Waals surface area (Å²) in [6.07, 6.45) is 13.2. The smallest absolute Gasteiger partial charge is 0.0433 e. The van der Waals surface area contributed by atoms with Crippen LogP contribution in [0.4, 0.5) is 0 Å². The zero-order valence-electron chi connectivity index (χ0n) is 10.8. The second-order valence-electron chi connectivity index (χ2n) is 4.72. The minimum Gasteiger partial charge on any atom is -0.396 e. The maximum absolute atomic E-state index is 8.98. The van der Waals surface area contributed by atoms with Gasteiger partial charge in [-0.25, -0.2) is 0 Å². The first-order chi connectivity index (χ1) is 7.35. The molecule has 1 atom stereocenters. The van der Waals surface area contributed by atoms with Gasteiger partial charge in [0.2, 0.25) is 0 Å². The zero-order valence-corrected chi connectivity index (χ0v) is 10.8. The first-order valence-electron chi connectivity index (χ1n) is 6.96. The fraction of sp³-hybridized carbons (Fsp3) is 1.00. The Morgan fingerprint density at radius 1 is 0.733 bits per heavy atom. The molecule has 0 heterocycles. The Bertz CT molecular complexity index is 112. The van der Waals surface area contributed by atoms with Gasteiger partial charge in [-0.3, -0.25) is 0 Å². The number of unbranched alkanes of at least 4 members (excludes halogenated alkanes) is 5. The third-order valence-electron chi connectivity index (χ3n) is 3.22. The predicted molar refractivity (Wildman–Crippen MR) is 68.1 cm³/mol. The molecule has 1 nitrogen and oxygen atoms in total.